The molecular formula is C21H18ClN5OS. The van der Waals surface area contributed by atoms with Crippen LogP contribution in [-0.4, -0.2) is 31.4 Å². The molecule has 2 aromatic heterocycles. The average Bonchev–Trinajstić information content (AvgIpc) is 3.16. The molecule has 1 amide bonds. The minimum Gasteiger partial charge on any atom is -0.351 e. The monoisotopic (exact) mass is 423 g/mol. The zero-order chi connectivity index (χ0) is 20.2. The van der Waals surface area contributed by atoms with E-state index in [2.05, 4.69) is 20.4 Å². The number of carbonyl (C=O) groups excluding carboxylic acids is 1. The number of rotatable bonds is 6. The third kappa shape index (κ3) is 4.58. The Labute approximate surface area is 177 Å². The van der Waals surface area contributed by atoms with Gasteiger partial charge in [0.25, 0.3) is 0 Å². The second kappa shape index (κ2) is 8.63. The molecule has 146 valence electrons. The highest BCUT2D eigenvalue weighted by molar-refractivity contribution is 8.00. The minimum atomic E-state index is -0.0513. The zero-order valence-electron chi connectivity index (χ0n) is 15.7. The van der Waals surface area contributed by atoms with E-state index < -0.39 is 0 Å². The van der Waals surface area contributed by atoms with Crippen molar-refractivity contribution in [2.45, 2.75) is 18.5 Å². The highest BCUT2D eigenvalue weighted by Gasteiger charge is 2.13. The SMILES string of the molecule is Cc1ccc(CNC(=O)CSc2ncnc3c2cnn3-c2cccc(Cl)c2)cc1. The van der Waals surface area contributed by atoms with E-state index in [1.807, 2.05) is 55.5 Å². The minimum absolute atomic E-state index is 0.0513. The van der Waals surface area contributed by atoms with Crippen LogP contribution in [0.2, 0.25) is 5.02 Å². The summed E-state index contributed by atoms with van der Waals surface area (Å²) in [7, 11) is 0. The molecule has 4 aromatic rings. The van der Waals surface area contributed by atoms with E-state index in [9.17, 15) is 4.79 Å². The van der Waals surface area contributed by atoms with Crippen LogP contribution in [0.1, 0.15) is 11.1 Å². The Morgan fingerprint density at radius 3 is 2.79 bits per heavy atom. The first-order chi connectivity index (χ1) is 14.1. The predicted molar refractivity (Wildman–Crippen MR) is 115 cm³/mol. The number of thioether (sulfide) groups is 1. The summed E-state index contributed by atoms with van der Waals surface area (Å²) in [4.78, 5) is 20.9. The van der Waals surface area contributed by atoms with Gasteiger partial charge in [-0.3, -0.25) is 4.79 Å². The van der Waals surface area contributed by atoms with Gasteiger partial charge >= 0.3 is 0 Å². The summed E-state index contributed by atoms with van der Waals surface area (Å²) in [5.74, 6) is 0.213. The van der Waals surface area contributed by atoms with Crippen molar-refractivity contribution in [2.24, 2.45) is 0 Å². The van der Waals surface area contributed by atoms with Gasteiger partial charge in [0.15, 0.2) is 5.65 Å². The summed E-state index contributed by atoms with van der Waals surface area (Å²) < 4.78 is 1.71. The van der Waals surface area contributed by atoms with Crippen LogP contribution >= 0.6 is 23.4 Å². The maximum atomic E-state index is 12.2. The van der Waals surface area contributed by atoms with Crippen molar-refractivity contribution in [3.63, 3.8) is 0 Å². The summed E-state index contributed by atoms with van der Waals surface area (Å²) >= 11 is 7.45. The lowest BCUT2D eigenvalue weighted by atomic mass is 10.1. The summed E-state index contributed by atoms with van der Waals surface area (Å²) in [5.41, 5.74) is 3.76. The molecule has 0 saturated heterocycles. The third-order valence-electron chi connectivity index (χ3n) is 4.33. The molecule has 0 aliphatic heterocycles. The Morgan fingerprint density at radius 1 is 1.17 bits per heavy atom. The summed E-state index contributed by atoms with van der Waals surface area (Å²) in [6.45, 7) is 2.54. The largest absolute Gasteiger partial charge is 0.351 e. The fourth-order valence-electron chi connectivity index (χ4n) is 2.83. The second-order valence-electron chi connectivity index (χ2n) is 6.50. The van der Waals surface area contributed by atoms with Crippen LogP contribution in [0.25, 0.3) is 16.7 Å². The molecule has 0 aliphatic rings. The van der Waals surface area contributed by atoms with Crippen molar-refractivity contribution in [1.82, 2.24) is 25.1 Å². The van der Waals surface area contributed by atoms with E-state index in [-0.39, 0.29) is 11.7 Å². The zero-order valence-corrected chi connectivity index (χ0v) is 17.2. The molecule has 0 fully saturated rings. The average molecular weight is 424 g/mol. The van der Waals surface area contributed by atoms with Gasteiger partial charge in [0.2, 0.25) is 5.91 Å². The standard InChI is InChI=1S/C21H18ClN5OS/c1-14-5-7-15(8-6-14)10-23-19(28)12-29-21-18-11-26-27(20(18)24-13-25-21)17-4-2-3-16(22)9-17/h2-9,11,13H,10,12H2,1H3,(H,23,28). The number of hydrogen-bond acceptors (Lipinski definition) is 5. The van der Waals surface area contributed by atoms with Crippen LogP contribution in [0.3, 0.4) is 0 Å². The Morgan fingerprint density at radius 2 is 2.00 bits per heavy atom. The third-order valence-corrected chi connectivity index (χ3v) is 5.57. The van der Waals surface area contributed by atoms with Crippen LogP contribution in [0.15, 0.2) is 66.1 Å². The quantitative estimate of drug-likeness (QED) is 0.372. The van der Waals surface area contributed by atoms with Crippen LogP contribution in [0, 0.1) is 6.92 Å². The van der Waals surface area contributed by atoms with Crippen molar-refractivity contribution in [2.75, 3.05) is 5.75 Å². The number of amides is 1. The van der Waals surface area contributed by atoms with Crippen molar-refractivity contribution in [3.8, 4) is 5.69 Å². The number of aromatic nitrogens is 4. The summed E-state index contributed by atoms with van der Waals surface area (Å²) in [6.07, 6.45) is 3.19. The lowest BCUT2D eigenvalue weighted by Gasteiger charge is -2.06. The number of nitrogens with zero attached hydrogens (tertiary/aromatic N) is 4. The molecule has 4 rings (SSSR count). The van der Waals surface area contributed by atoms with Gasteiger partial charge in [0.05, 0.1) is 23.0 Å². The number of aryl methyl sites for hydroxylation is 1. The molecule has 1 N–H and O–H groups in total. The lowest BCUT2D eigenvalue weighted by molar-refractivity contribution is -0.118. The van der Waals surface area contributed by atoms with E-state index in [0.29, 0.717) is 22.2 Å². The van der Waals surface area contributed by atoms with Gasteiger partial charge in [-0.1, -0.05) is 59.3 Å². The molecule has 0 saturated carbocycles. The van der Waals surface area contributed by atoms with E-state index in [1.165, 1.54) is 23.7 Å². The fraction of sp³-hybridized carbons (Fsp3) is 0.143. The van der Waals surface area contributed by atoms with Gasteiger partial charge < -0.3 is 5.32 Å². The van der Waals surface area contributed by atoms with Crippen molar-refractivity contribution < 1.29 is 4.79 Å². The van der Waals surface area contributed by atoms with Gasteiger partial charge in [-0.25, -0.2) is 14.6 Å². The topological polar surface area (TPSA) is 72.7 Å². The number of benzene rings is 2. The summed E-state index contributed by atoms with van der Waals surface area (Å²) in [6, 6.07) is 15.5. The Bertz CT molecular complexity index is 1160. The van der Waals surface area contributed by atoms with Gasteiger partial charge in [-0.05, 0) is 30.7 Å². The predicted octanol–water partition coefficient (Wildman–Crippen LogP) is 4.19. The molecule has 2 aromatic carbocycles. The van der Waals surface area contributed by atoms with Crippen LogP contribution < -0.4 is 5.32 Å². The number of halogens is 1. The molecule has 0 radical (unpaired) electrons. The first-order valence-electron chi connectivity index (χ1n) is 9.00. The van der Waals surface area contributed by atoms with Gasteiger partial charge in [-0.15, -0.1) is 0 Å². The van der Waals surface area contributed by atoms with Gasteiger partial charge in [0.1, 0.15) is 11.4 Å². The maximum Gasteiger partial charge on any atom is 0.230 e. The van der Waals surface area contributed by atoms with Crippen molar-refractivity contribution in [3.05, 3.63) is 77.2 Å². The number of fused-ring (bicyclic) bond motifs is 1. The van der Waals surface area contributed by atoms with Gasteiger partial charge in [0, 0.05) is 11.6 Å². The van der Waals surface area contributed by atoms with E-state index in [1.54, 1.807) is 10.9 Å². The molecule has 0 bridgehead atoms. The first kappa shape index (κ1) is 19.4. The molecule has 0 aliphatic carbocycles. The van der Waals surface area contributed by atoms with E-state index in [4.69, 9.17) is 11.6 Å². The Balaban J connectivity index is 1.44. The molecular weight excluding hydrogens is 406 g/mol. The Kier molecular flexibility index (Phi) is 5.78. The highest BCUT2D eigenvalue weighted by Crippen LogP contribution is 2.26. The molecule has 6 nitrogen and oxygen atoms in total. The normalized spacial score (nSPS) is 11.0. The first-order valence-corrected chi connectivity index (χ1v) is 10.4. The van der Waals surface area contributed by atoms with Gasteiger partial charge in [-0.2, -0.15) is 5.10 Å². The second-order valence-corrected chi connectivity index (χ2v) is 7.90. The van der Waals surface area contributed by atoms with E-state index >= 15 is 0 Å². The molecule has 8 heteroatoms. The van der Waals surface area contributed by atoms with E-state index in [0.717, 1.165) is 16.6 Å². The molecule has 0 atom stereocenters. The molecule has 0 unspecified atom stereocenters. The molecule has 0 spiro atoms. The van der Waals surface area contributed by atoms with Crippen LogP contribution in [-0.2, 0) is 11.3 Å². The number of nitrogens with one attached hydrogen (secondary N) is 1. The number of carbonyl (C=O) groups is 1. The smallest absolute Gasteiger partial charge is 0.230 e. The lowest BCUT2D eigenvalue weighted by Crippen LogP contribution is -2.24. The molecule has 2 heterocycles. The number of hydrogen-bond donors (Lipinski definition) is 1. The fourth-order valence-corrected chi connectivity index (χ4v) is 3.80. The highest BCUT2D eigenvalue weighted by atomic mass is 35.5. The van der Waals surface area contributed by atoms with Crippen LogP contribution in [0.4, 0.5) is 0 Å². The maximum absolute atomic E-state index is 12.2. The van der Waals surface area contributed by atoms with Crippen LogP contribution in [0.5, 0.6) is 0 Å². The van der Waals surface area contributed by atoms with Crippen molar-refractivity contribution in [1.29, 1.82) is 0 Å². The Hall–Kier alpha value is -2.90. The summed E-state index contributed by atoms with van der Waals surface area (Å²) in [5, 5.41) is 9.49. The van der Waals surface area contributed by atoms with Crippen molar-refractivity contribution >= 4 is 40.3 Å². The molecule has 29 heavy (non-hydrogen) atoms.